The van der Waals surface area contributed by atoms with Gasteiger partial charge in [-0.2, -0.15) is 0 Å². The number of benzene rings is 1. The van der Waals surface area contributed by atoms with Gasteiger partial charge in [-0.3, -0.25) is 4.79 Å². The molecule has 23 heavy (non-hydrogen) atoms. The fourth-order valence-electron chi connectivity index (χ4n) is 2.90. The molecule has 0 saturated heterocycles. The molecular formula is C18H28N2O3. The third kappa shape index (κ3) is 5.13. The van der Waals surface area contributed by atoms with Gasteiger partial charge in [0.25, 0.3) is 0 Å². The maximum atomic E-state index is 11.0. The highest BCUT2D eigenvalue weighted by Crippen LogP contribution is 2.32. The van der Waals surface area contributed by atoms with Crippen molar-refractivity contribution in [1.82, 2.24) is 4.90 Å². The van der Waals surface area contributed by atoms with E-state index in [4.69, 9.17) is 9.84 Å². The number of fused-ring (bicyclic) bond motifs is 1. The maximum absolute atomic E-state index is 11.0. The maximum Gasteiger partial charge on any atom is 0.323 e. The normalized spacial score (nSPS) is 13.8. The van der Waals surface area contributed by atoms with Gasteiger partial charge in [0.15, 0.2) is 0 Å². The van der Waals surface area contributed by atoms with Crippen molar-refractivity contribution in [3.05, 3.63) is 23.8 Å². The summed E-state index contributed by atoms with van der Waals surface area (Å²) in [4.78, 5) is 15.4. The first kappa shape index (κ1) is 17.6. The van der Waals surface area contributed by atoms with E-state index in [1.807, 2.05) is 11.0 Å². The van der Waals surface area contributed by atoms with E-state index in [0.29, 0.717) is 13.2 Å². The zero-order chi connectivity index (χ0) is 16.7. The summed E-state index contributed by atoms with van der Waals surface area (Å²) < 4.78 is 5.65. The Bertz CT molecular complexity index is 519. The number of carbonyl (C=O) groups is 1. The van der Waals surface area contributed by atoms with E-state index in [2.05, 4.69) is 30.9 Å². The van der Waals surface area contributed by atoms with Crippen molar-refractivity contribution < 1.29 is 14.6 Å². The van der Waals surface area contributed by atoms with Gasteiger partial charge in [-0.15, -0.1) is 0 Å². The predicted octanol–water partition coefficient (Wildman–Crippen LogP) is 2.63. The Morgan fingerprint density at radius 3 is 2.87 bits per heavy atom. The Labute approximate surface area is 138 Å². The van der Waals surface area contributed by atoms with Gasteiger partial charge >= 0.3 is 5.97 Å². The van der Waals surface area contributed by atoms with E-state index in [-0.39, 0.29) is 6.54 Å². The number of hydrogen-bond acceptors (Lipinski definition) is 4. The minimum Gasteiger partial charge on any atom is -0.490 e. The van der Waals surface area contributed by atoms with E-state index in [1.165, 1.54) is 18.4 Å². The molecule has 5 nitrogen and oxygen atoms in total. The van der Waals surface area contributed by atoms with Gasteiger partial charge in [0.05, 0.1) is 12.2 Å². The summed E-state index contributed by atoms with van der Waals surface area (Å²) in [6.07, 6.45) is 3.43. The summed E-state index contributed by atoms with van der Waals surface area (Å²) in [6.45, 7) is 8.86. The highest BCUT2D eigenvalue weighted by molar-refractivity contribution is 5.75. The molecule has 1 aromatic carbocycles. The van der Waals surface area contributed by atoms with Crippen LogP contribution in [0.2, 0.25) is 0 Å². The topological polar surface area (TPSA) is 53.0 Å². The highest BCUT2D eigenvalue weighted by Gasteiger charge is 2.20. The molecule has 1 aliphatic heterocycles. The lowest BCUT2D eigenvalue weighted by Crippen LogP contribution is -2.36. The first-order valence-corrected chi connectivity index (χ1v) is 8.58. The van der Waals surface area contributed by atoms with E-state index < -0.39 is 5.97 Å². The Balaban J connectivity index is 2.02. The summed E-state index contributed by atoms with van der Waals surface area (Å²) in [5.41, 5.74) is 2.15. The molecule has 0 atom stereocenters. The van der Waals surface area contributed by atoms with Crippen LogP contribution in [-0.4, -0.2) is 55.3 Å². The molecule has 0 saturated carbocycles. The average Bonchev–Trinajstić information content (AvgIpc) is 2.55. The molecule has 2 rings (SSSR count). The fraction of sp³-hybridized carbons (Fsp3) is 0.611. The second-order valence-electron chi connectivity index (χ2n) is 6.00. The third-order valence-electron chi connectivity index (χ3n) is 4.30. The molecule has 0 unspecified atom stereocenters. The number of anilines is 1. The summed E-state index contributed by atoms with van der Waals surface area (Å²) >= 11 is 0. The summed E-state index contributed by atoms with van der Waals surface area (Å²) in [7, 11) is 0. The van der Waals surface area contributed by atoms with E-state index in [1.54, 1.807) is 0 Å². The first-order chi connectivity index (χ1) is 11.1. The van der Waals surface area contributed by atoms with Crippen LogP contribution in [0.3, 0.4) is 0 Å². The predicted molar refractivity (Wildman–Crippen MR) is 92.5 cm³/mol. The monoisotopic (exact) mass is 320 g/mol. The molecule has 1 N–H and O–H groups in total. The number of unbranched alkanes of at least 4 members (excludes halogenated alkanes) is 1. The Hall–Kier alpha value is -1.75. The first-order valence-electron chi connectivity index (χ1n) is 8.58. The molecule has 1 aliphatic rings. The van der Waals surface area contributed by atoms with Crippen LogP contribution in [0, 0.1) is 0 Å². The number of aliphatic carboxylic acids is 1. The smallest absolute Gasteiger partial charge is 0.323 e. The largest absolute Gasteiger partial charge is 0.490 e. The quantitative estimate of drug-likeness (QED) is 0.758. The molecule has 0 aromatic heterocycles. The van der Waals surface area contributed by atoms with Crippen molar-refractivity contribution in [2.24, 2.45) is 0 Å². The van der Waals surface area contributed by atoms with Gasteiger partial charge in [0.1, 0.15) is 18.9 Å². The van der Waals surface area contributed by atoms with Crippen LogP contribution in [-0.2, 0) is 11.2 Å². The number of carboxylic acid groups (broad SMARTS) is 1. The molecule has 128 valence electrons. The number of nitrogens with zero attached hydrogens (tertiary/aromatic N) is 2. The van der Waals surface area contributed by atoms with Crippen LogP contribution >= 0.6 is 0 Å². The van der Waals surface area contributed by atoms with Gasteiger partial charge in [-0.05, 0) is 43.6 Å². The lowest BCUT2D eigenvalue weighted by molar-refractivity contribution is -0.135. The molecule has 5 heteroatoms. The van der Waals surface area contributed by atoms with Crippen molar-refractivity contribution >= 4 is 11.7 Å². The number of likely N-dealkylation sites (N-methyl/N-ethyl adjacent to an activating group) is 1. The van der Waals surface area contributed by atoms with Crippen LogP contribution in [0.4, 0.5) is 5.69 Å². The average molecular weight is 320 g/mol. The molecule has 0 radical (unpaired) electrons. The molecule has 0 bridgehead atoms. The van der Waals surface area contributed by atoms with Crippen LogP contribution in [0.15, 0.2) is 18.2 Å². The number of rotatable bonds is 9. The summed E-state index contributed by atoms with van der Waals surface area (Å²) in [6, 6.07) is 6.16. The summed E-state index contributed by atoms with van der Waals surface area (Å²) in [5.74, 6) is -0.0143. The number of ether oxygens (including phenoxy) is 1. The second kappa shape index (κ2) is 8.77. The highest BCUT2D eigenvalue weighted by atomic mass is 16.5. The van der Waals surface area contributed by atoms with Crippen molar-refractivity contribution in [2.75, 3.05) is 44.2 Å². The fourth-order valence-corrected chi connectivity index (χ4v) is 2.90. The Kier molecular flexibility index (Phi) is 6.71. The third-order valence-corrected chi connectivity index (χ3v) is 4.30. The minimum absolute atomic E-state index is 0.0252. The van der Waals surface area contributed by atoms with Crippen LogP contribution in [0.25, 0.3) is 0 Å². The molecule has 0 spiro atoms. The van der Waals surface area contributed by atoms with Crippen molar-refractivity contribution in [3.8, 4) is 5.75 Å². The molecule has 0 fully saturated rings. The summed E-state index contributed by atoms with van der Waals surface area (Å²) in [5, 5.41) is 9.06. The molecule has 1 heterocycles. The van der Waals surface area contributed by atoms with E-state index in [0.717, 1.165) is 37.5 Å². The minimum atomic E-state index is -0.806. The van der Waals surface area contributed by atoms with Gasteiger partial charge in [0, 0.05) is 6.54 Å². The molecular weight excluding hydrogens is 292 g/mol. The lowest BCUT2D eigenvalue weighted by Gasteiger charge is -2.30. The van der Waals surface area contributed by atoms with Crippen molar-refractivity contribution in [1.29, 1.82) is 0 Å². The van der Waals surface area contributed by atoms with Gasteiger partial charge in [-0.1, -0.05) is 26.3 Å². The molecule has 0 aliphatic carbocycles. The zero-order valence-corrected chi connectivity index (χ0v) is 14.3. The van der Waals surface area contributed by atoms with Gasteiger partial charge < -0.3 is 19.6 Å². The van der Waals surface area contributed by atoms with E-state index in [9.17, 15) is 4.79 Å². The Morgan fingerprint density at radius 1 is 1.35 bits per heavy atom. The number of hydrogen-bond donors (Lipinski definition) is 1. The van der Waals surface area contributed by atoms with Gasteiger partial charge in [-0.25, -0.2) is 0 Å². The lowest BCUT2D eigenvalue weighted by atomic mass is 10.1. The SMILES string of the molecule is CCCCN(CC)CCc1ccc2c(c1)N(CC(=O)O)CCO2. The van der Waals surface area contributed by atoms with E-state index >= 15 is 0 Å². The second-order valence-corrected chi connectivity index (χ2v) is 6.00. The molecule has 0 amide bonds. The van der Waals surface area contributed by atoms with Crippen molar-refractivity contribution in [2.45, 2.75) is 33.1 Å². The van der Waals surface area contributed by atoms with Crippen LogP contribution in [0.5, 0.6) is 5.75 Å². The van der Waals surface area contributed by atoms with Crippen molar-refractivity contribution in [3.63, 3.8) is 0 Å². The zero-order valence-electron chi connectivity index (χ0n) is 14.3. The van der Waals surface area contributed by atoms with Gasteiger partial charge in [0.2, 0.25) is 0 Å². The molecule has 1 aromatic rings. The number of carboxylic acids is 1. The van der Waals surface area contributed by atoms with Crippen LogP contribution < -0.4 is 9.64 Å². The van der Waals surface area contributed by atoms with Crippen LogP contribution in [0.1, 0.15) is 32.3 Å². The Morgan fingerprint density at radius 2 is 2.17 bits per heavy atom. The standard InChI is InChI=1S/C18H28N2O3/c1-3-5-9-19(4-2)10-8-15-6-7-17-16(13-15)20(11-12-23-17)14-18(21)22/h6-7,13H,3-5,8-12,14H2,1-2H3,(H,21,22).